The fourth-order valence-corrected chi connectivity index (χ4v) is 26.8. The summed E-state index contributed by atoms with van der Waals surface area (Å²) in [6.45, 7) is 12.4. The van der Waals surface area contributed by atoms with Crippen molar-refractivity contribution >= 4 is 30.1 Å². The Labute approximate surface area is 178 Å². The summed E-state index contributed by atoms with van der Waals surface area (Å²) < 4.78 is 11.6. The average molecular weight is 499 g/mol. The van der Waals surface area contributed by atoms with Gasteiger partial charge in [-0.1, -0.05) is 0 Å². The third-order valence-electron chi connectivity index (χ3n) is 5.62. The first kappa shape index (κ1) is 25.4. The molecule has 0 heterocycles. The minimum absolute atomic E-state index is 0.346. The Hall–Kier alpha value is 0.329. The van der Waals surface area contributed by atoms with Crippen molar-refractivity contribution in [1.29, 1.82) is 0 Å². The molecular formula is C24H44OSSn. The Morgan fingerprint density at radius 3 is 1.81 bits per heavy atom. The number of hydrogen-bond donors (Lipinski definition) is 0. The van der Waals surface area contributed by atoms with Crippen LogP contribution < -0.4 is 0 Å². The molecule has 0 aliphatic carbocycles. The summed E-state index contributed by atoms with van der Waals surface area (Å²) in [5.74, 6) is 0. The van der Waals surface area contributed by atoms with Crippen molar-refractivity contribution in [3.05, 3.63) is 30.3 Å². The third kappa shape index (κ3) is 10.1. The molecule has 27 heavy (non-hydrogen) atoms. The van der Waals surface area contributed by atoms with Crippen molar-refractivity contribution < 1.29 is 4.74 Å². The Balaban J connectivity index is 3.08. The van der Waals surface area contributed by atoms with E-state index in [2.05, 4.69) is 76.7 Å². The molecule has 1 unspecified atom stereocenters. The van der Waals surface area contributed by atoms with Crippen molar-refractivity contribution in [3.8, 4) is 0 Å². The molecular weight excluding hydrogens is 455 g/mol. The van der Waals surface area contributed by atoms with Crippen molar-refractivity contribution in [2.24, 2.45) is 0 Å². The molecule has 0 amide bonds. The summed E-state index contributed by atoms with van der Waals surface area (Å²) in [5, 5.41) is 0. The zero-order chi connectivity index (χ0) is 20.0. The Kier molecular flexibility index (Phi) is 14.3. The molecule has 0 bridgehead atoms. The van der Waals surface area contributed by atoms with Crippen LogP contribution in [0.2, 0.25) is 13.3 Å². The average Bonchev–Trinajstić information content (AvgIpc) is 2.67. The van der Waals surface area contributed by atoms with E-state index in [-0.39, 0.29) is 0 Å². The monoisotopic (exact) mass is 500 g/mol. The minimum atomic E-state index is -2.28. The van der Waals surface area contributed by atoms with E-state index >= 15 is 0 Å². The number of ether oxygens (including phenoxy) is 1. The van der Waals surface area contributed by atoms with Gasteiger partial charge in [-0.15, -0.1) is 0 Å². The molecule has 0 fully saturated rings. The van der Waals surface area contributed by atoms with E-state index in [0.29, 0.717) is 6.10 Å². The molecule has 1 atom stereocenters. The Morgan fingerprint density at radius 2 is 1.37 bits per heavy atom. The quantitative estimate of drug-likeness (QED) is 0.167. The van der Waals surface area contributed by atoms with Gasteiger partial charge in [-0.25, -0.2) is 0 Å². The van der Waals surface area contributed by atoms with Crippen LogP contribution in [0.5, 0.6) is 0 Å². The summed E-state index contributed by atoms with van der Waals surface area (Å²) in [6.07, 6.45) is 9.98. The van der Waals surface area contributed by atoms with Crippen LogP contribution in [-0.4, -0.2) is 34.4 Å². The predicted molar refractivity (Wildman–Crippen MR) is 127 cm³/mol. The summed E-state index contributed by atoms with van der Waals surface area (Å²) in [4.78, 5) is 1.47. The number of thioether (sulfide) groups is 1. The summed E-state index contributed by atoms with van der Waals surface area (Å²) in [7, 11) is 0. The van der Waals surface area contributed by atoms with E-state index in [1.807, 2.05) is 0 Å². The van der Waals surface area contributed by atoms with Gasteiger partial charge in [0.25, 0.3) is 0 Å². The van der Waals surface area contributed by atoms with Crippen LogP contribution in [-0.2, 0) is 4.74 Å². The Morgan fingerprint density at radius 1 is 0.852 bits per heavy atom. The molecule has 0 aromatic heterocycles. The van der Waals surface area contributed by atoms with Gasteiger partial charge >= 0.3 is 179 Å². The van der Waals surface area contributed by atoms with Gasteiger partial charge in [0.2, 0.25) is 0 Å². The van der Waals surface area contributed by atoms with Crippen LogP contribution in [0.3, 0.4) is 0 Å². The van der Waals surface area contributed by atoms with Gasteiger partial charge in [0.15, 0.2) is 0 Å². The molecule has 1 rings (SSSR count). The van der Waals surface area contributed by atoms with Crippen LogP contribution >= 0.6 is 11.8 Å². The maximum atomic E-state index is 6.04. The number of benzene rings is 1. The predicted octanol–water partition coefficient (Wildman–Crippen LogP) is 8.35. The van der Waals surface area contributed by atoms with E-state index in [1.165, 1.54) is 49.8 Å². The molecule has 0 spiro atoms. The second kappa shape index (κ2) is 15.2. The Bertz CT molecular complexity index is 441. The molecule has 0 saturated carbocycles. The molecule has 0 saturated heterocycles. The normalized spacial score (nSPS) is 13.3. The van der Waals surface area contributed by atoms with Gasteiger partial charge in [0.1, 0.15) is 0 Å². The number of hydrogen-bond acceptors (Lipinski definition) is 2. The second-order valence-corrected chi connectivity index (χ2v) is 24.8. The first-order valence-electron chi connectivity index (χ1n) is 11.4. The molecule has 3 heteroatoms. The fourth-order valence-electron chi connectivity index (χ4n) is 4.01. The number of unbranched alkanes of at least 4 members (excludes halogenated alkanes) is 3. The fraction of sp³-hybridized carbons (Fsp3) is 0.750. The molecule has 0 radical (unpaired) electrons. The molecule has 1 nitrogen and oxygen atoms in total. The second-order valence-electron chi connectivity index (χ2n) is 8.30. The molecule has 0 aliphatic heterocycles. The van der Waals surface area contributed by atoms with Crippen molar-refractivity contribution in [1.82, 2.24) is 0 Å². The van der Waals surface area contributed by atoms with Gasteiger partial charge < -0.3 is 0 Å². The first-order valence-corrected chi connectivity index (χ1v) is 20.0. The van der Waals surface area contributed by atoms with Crippen LogP contribution in [0.1, 0.15) is 79.6 Å². The standard InChI is InChI=1S/C12H17OS.3C4H9.Sn/c1-11(2)13-9-6-10-14-12-7-4-3-5-8-12;3*1-3-4-2;/h3-5,7-8,10-11H,6,9H2,1-2H3;3*1,3-4H2,2H3;. The number of rotatable bonds is 16. The zero-order valence-corrected chi connectivity index (χ0v) is 22.3. The van der Waals surface area contributed by atoms with E-state index in [4.69, 9.17) is 4.74 Å². The summed E-state index contributed by atoms with van der Waals surface area (Å²) in [6, 6.07) is 11.2. The zero-order valence-electron chi connectivity index (χ0n) is 18.6. The van der Waals surface area contributed by atoms with Gasteiger partial charge in [0, 0.05) is 0 Å². The van der Waals surface area contributed by atoms with E-state index < -0.39 is 18.4 Å². The van der Waals surface area contributed by atoms with E-state index in [1.54, 1.807) is 13.3 Å². The molecule has 1 aromatic carbocycles. The van der Waals surface area contributed by atoms with E-state index in [9.17, 15) is 0 Å². The maximum absolute atomic E-state index is 6.04. The van der Waals surface area contributed by atoms with Crippen molar-refractivity contribution in [2.75, 3.05) is 6.61 Å². The van der Waals surface area contributed by atoms with Crippen LogP contribution in [0, 0.1) is 0 Å². The molecule has 0 aliphatic rings. The van der Waals surface area contributed by atoms with Crippen LogP contribution in [0.25, 0.3) is 0 Å². The van der Waals surface area contributed by atoms with Gasteiger partial charge in [-0.05, 0) is 0 Å². The van der Waals surface area contributed by atoms with Crippen molar-refractivity contribution in [3.63, 3.8) is 0 Å². The summed E-state index contributed by atoms with van der Waals surface area (Å²) >= 11 is -0.0729. The van der Waals surface area contributed by atoms with Gasteiger partial charge in [-0.3, -0.25) is 0 Å². The van der Waals surface area contributed by atoms with Gasteiger partial charge in [0.05, 0.1) is 0 Å². The molecule has 156 valence electrons. The van der Waals surface area contributed by atoms with Gasteiger partial charge in [-0.2, -0.15) is 0 Å². The molecule has 0 N–H and O–H groups in total. The topological polar surface area (TPSA) is 9.23 Å². The summed E-state index contributed by atoms with van der Waals surface area (Å²) in [5.41, 5.74) is 0. The van der Waals surface area contributed by atoms with E-state index in [0.717, 1.165) is 9.87 Å². The third-order valence-corrected chi connectivity index (χ3v) is 27.3. The SMILES string of the molecule is CCC[CH2][Sn]([CH2]CCC)([CH2]CCC)[CH](CCOC(C)C)Sc1ccccc1. The van der Waals surface area contributed by atoms with Crippen LogP contribution in [0.4, 0.5) is 0 Å². The molecule has 1 aromatic rings. The first-order chi connectivity index (χ1) is 13.1. The van der Waals surface area contributed by atoms with Crippen molar-refractivity contribution in [2.45, 2.75) is 107 Å². The van der Waals surface area contributed by atoms with Crippen LogP contribution in [0.15, 0.2) is 35.2 Å².